The highest BCUT2D eigenvalue weighted by Gasteiger charge is 2.38. The minimum absolute atomic E-state index is 0.0970. The van der Waals surface area contributed by atoms with E-state index in [1.54, 1.807) is 18.3 Å². The molecule has 142 valence electrons. The Labute approximate surface area is 159 Å². The first kappa shape index (κ1) is 17.9. The first-order chi connectivity index (χ1) is 13.2. The Balaban J connectivity index is 1.38. The van der Waals surface area contributed by atoms with Crippen LogP contribution in [0.25, 0.3) is 0 Å². The number of rotatable bonds is 5. The number of benzene rings is 1. The Kier molecular flexibility index (Phi) is 5.36. The molecule has 3 heterocycles. The van der Waals surface area contributed by atoms with Crippen molar-refractivity contribution in [2.45, 2.75) is 31.5 Å². The molecule has 6 nitrogen and oxygen atoms in total. The Morgan fingerprint density at radius 2 is 2.11 bits per heavy atom. The van der Waals surface area contributed by atoms with Crippen molar-refractivity contribution in [3.05, 3.63) is 59.8 Å². The van der Waals surface area contributed by atoms with Crippen LogP contribution in [-0.4, -0.2) is 54.2 Å². The highest BCUT2D eigenvalue weighted by molar-refractivity contribution is 5.96. The topological polar surface area (TPSA) is 63.7 Å². The molecule has 1 amide bonds. The SMILES string of the molecule is CCOc1ncccc1C(=O)N[C@H]1C[C@H]2CO[C@@H](c3ccccc3)CN2C1. The summed E-state index contributed by atoms with van der Waals surface area (Å²) in [7, 11) is 0. The van der Waals surface area contributed by atoms with Gasteiger partial charge < -0.3 is 14.8 Å². The van der Waals surface area contributed by atoms with E-state index in [0.717, 1.165) is 19.5 Å². The number of carbonyl (C=O) groups excluding carboxylic acids is 1. The van der Waals surface area contributed by atoms with E-state index in [2.05, 4.69) is 27.3 Å². The number of amides is 1. The molecule has 2 saturated heterocycles. The fraction of sp³-hybridized carbons (Fsp3) is 0.429. The molecular formula is C21H25N3O3. The van der Waals surface area contributed by atoms with Crippen LogP contribution < -0.4 is 10.1 Å². The van der Waals surface area contributed by atoms with Crippen LogP contribution in [0.4, 0.5) is 0 Å². The zero-order chi connectivity index (χ0) is 18.6. The van der Waals surface area contributed by atoms with Crippen LogP contribution in [0, 0.1) is 0 Å². The maximum Gasteiger partial charge on any atom is 0.257 e. The number of hydrogen-bond donors (Lipinski definition) is 1. The van der Waals surface area contributed by atoms with Crippen LogP contribution in [0.15, 0.2) is 48.7 Å². The molecular weight excluding hydrogens is 342 g/mol. The number of hydrogen-bond acceptors (Lipinski definition) is 5. The molecule has 0 unspecified atom stereocenters. The van der Waals surface area contributed by atoms with Gasteiger partial charge in [0.1, 0.15) is 5.56 Å². The molecule has 27 heavy (non-hydrogen) atoms. The van der Waals surface area contributed by atoms with E-state index in [1.165, 1.54) is 5.56 Å². The van der Waals surface area contributed by atoms with Gasteiger partial charge in [-0.2, -0.15) is 0 Å². The van der Waals surface area contributed by atoms with Crippen molar-refractivity contribution < 1.29 is 14.3 Å². The van der Waals surface area contributed by atoms with Gasteiger partial charge in [0.2, 0.25) is 5.88 Å². The quantitative estimate of drug-likeness (QED) is 0.879. The number of morpholine rings is 1. The minimum Gasteiger partial charge on any atom is -0.477 e. The van der Waals surface area contributed by atoms with Crippen molar-refractivity contribution >= 4 is 5.91 Å². The molecule has 0 radical (unpaired) electrons. The van der Waals surface area contributed by atoms with Crippen LogP contribution in [-0.2, 0) is 4.74 Å². The predicted molar refractivity (Wildman–Crippen MR) is 102 cm³/mol. The Morgan fingerprint density at radius 1 is 1.26 bits per heavy atom. The minimum atomic E-state index is -0.128. The fourth-order valence-corrected chi connectivity index (χ4v) is 3.93. The summed E-state index contributed by atoms with van der Waals surface area (Å²) in [5.74, 6) is 0.262. The van der Waals surface area contributed by atoms with Crippen molar-refractivity contribution in [3.63, 3.8) is 0 Å². The molecule has 1 N–H and O–H groups in total. The zero-order valence-corrected chi connectivity index (χ0v) is 15.5. The van der Waals surface area contributed by atoms with E-state index in [0.29, 0.717) is 30.7 Å². The summed E-state index contributed by atoms with van der Waals surface area (Å²) in [4.78, 5) is 19.3. The van der Waals surface area contributed by atoms with E-state index >= 15 is 0 Å². The van der Waals surface area contributed by atoms with E-state index in [1.807, 2.05) is 25.1 Å². The summed E-state index contributed by atoms with van der Waals surface area (Å²) in [6, 6.07) is 14.3. The van der Waals surface area contributed by atoms with Gasteiger partial charge in [0, 0.05) is 31.4 Å². The summed E-state index contributed by atoms with van der Waals surface area (Å²) in [5.41, 5.74) is 1.70. The Morgan fingerprint density at radius 3 is 2.93 bits per heavy atom. The van der Waals surface area contributed by atoms with Crippen molar-refractivity contribution in [3.8, 4) is 5.88 Å². The lowest BCUT2D eigenvalue weighted by molar-refractivity contribution is -0.0502. The van der Waals surface area contributed by atoms with Crippen LogP contribution in [0.3, 0.4) is 0 Å². The van der Waals surface area contributed by atoms with E-state index in [4.69, 9.17) is 9.47 Å². The highest BCUT2D eigenvalue weighted by atomic mass is 16.5. The lowest BCUT2D eigenvalue weighted by Crippen LogP contribution is -2.43. The molecule has 0 spiro atoms. The third-order valence-corrected chi connectivity index (χ3v) is 5.22. The molecule has 0 aliphatic carbocycles. The average Bonchev–Trinajstić information content (AvgIpc) is 3.10. The van der Waals surface area contributed by atoms with E-state index in [-0.39, 0.29) is 18.1 Å². The number of nitrogens with one attached hydrogen (secondary N) is 1. The van der Waals surface area contributed by atoms with Crippen LogP contribution >= 0.6 is 0 Å². The molecule has 0 saturated carbocycles. The second-order valence-electron chi connectivity index (χ2n) is 7.04. The second kappa shape index (κ2) is 8.06. The lowest BCUT2D eigenvalue weighted by Gasteiger charge is -2.35. The van der Waals surface area contributed by atoms with Gasteiger partial charge in [-0.25, -0.2) is 4.98 Å². The summed E-state index contributed by atoms with van der Waals surface area (Å²) >= 11 is 0. The predicted octanol–water partition coefficient (Wildman–Crippen LogP) is 2.42. The smallest absolute Gasteiger partial charge is 0.257 e. The van der Waals surface area contributed by atoms with Gasteiger partial charge in [-0.05, 0) is 31.0 Å². The molecule has 4 rings (SSSR count). The summed E-state index contributed by atoms with van der Waals surface area (Å²) in [6.45, 7) is 4.76. The normalized spacial score (nSPS) is 25.0. The summed E-state index contributed by atoms with van der Waals surface area (Å²) < 4.78 is 11.6. The van der Waals surface area contributed by atoms with Gasteiger partial charge in [-0.3, -0.25) is 9.69 Å². The highest BCUT2D eigenvalue weighted by Crippen LogP contribution is 2.30. The Bertz CT molecular complexity index is 783. The molecule has 2 aliphatic heterocycles. The first-order valence-electron chi connectivity index (χ1n) is 9.54. The van der Waals surface area contributed by atoms with E-state index < -0.39 is 0 Å². The number of fused-ring (bicyclic) bond motifs is 1. The number of aromatic nitrogens is 1. The number of ether oxygens (including phenoxy) is 2. The largest absolute Gasteiger partial charge is 0.477 e. The molecule has 3 atom stereocenters. The molecule has 2 aromatic rings. The van der Waals surface area contributed by atoms with Gasteiger partial charge in [0.25, 0.3) is 5.91 Å². The van der Waals surface area contributed by atoms with Crippen molar-refractivity contribution in [1.82, 2.24) is 15.2 Å². The lowest BCUT2D eigenvalue weighted by atomic mass is 10.1. The molecule has 0 bridgehead atoms. The monoisotopic (exact) mass is 367 g/mol. The van der Waals surface area contributed by atoms with Crippen molar-refractivity contribution in [2.75, 3.05) is 26.3 Å². The number of pyridine rings is 1. The molecule has 1 aromatic heterocycles. The van der Waals surface area contributed by atoms with Crippen molar-refractivity contribution in [1.29, 1.82) is 0 Å². The third-order valence-electron chi connectivity index (χ3n) is 5.22. The third kappa shape index (κ3) is 3.96. The standard InChI is InChI=1S/C21H25N3O3/c1-2-26-21-18(9-6-10-22-21)20(25)23-16-11-17-14-27-19(13-24(17)12-16)15-7-4-3-5-8-15/h3-10,16-17,19H,2,11-14H2,1H3,(H,23,25)/t16-,17-,19+/m0/s1. The molecule has 6 heteroatoms. The summed E-state index contributed by atoms with van der Waals surface area (Å²) in [6.07, 6.45) is 2.63. The van der Waals surface area contributed by atoms with Crippen LogP contribution in [0.5, 0.6) is 5.88 Å². The Hall–Kier alpha value is -2.44. The molecule has 2 aliphatic rings. The zero-order valence-electron chi connectivity index (χ0n) is 15.5. The maximum atomic E-state index is 12.7. The van der Waals surface area contributed by atoms with E-state index in [9.17, 15) is 4.79 Å². The molecule has 1 aromatic carbocycles. The van der Waals surface area contributed by atoms with Gasteiger partial charge in [-0.15, -0.1) is 0 Å². The van der Waals surface area contributed by atoms with Gasteiger partial charge in [0.15, 0.2) is 0 Å². The first-order valence-corrected chi connectivity index (χ1v) is 9.54. The molecule has 2 fully saturated rings. The average molecular weight is 367 g/mol. The maximum absolute atomic E-state index is 12.7. The number of carbonyl (C=O) groups is 1. The van der Waals surface area contributed by atoms with Crippen LogP contribution in [0.1, 0.15) is 35.4 Å². The van der Waals surface area contributed by atoms with Crippen molar-refractivity contribution in [2.24, 2.45) is 0 Å². The fourth-order valence-electron chi connectivity index (χ4n) is 3.93. The summed E-state index contributed by atoms with van der Waals surface area (Å²) in [5, 5.41) is 3.15. The van der Waals surface area contributed by atoms with Gasteiger partial charge in [-0.1, -0.05) is 30.3 Å². The number of nitrogens with zero attached hydrogens (tertiary/aromatic N) is 2. The second-order valence-corrected chi connectivity index (χ2v) is 7.04. The van der Waals surface area contributed by atoms with Gasteiger partial charge >= 0.3 is 0 Å². The van der Waals surface area contributed by atoms with Gasteiger partial charge in [0.05, 0.1) is 19.3 Å². The van der Waals surface area contributed by atoms with Crippen LogP contribution in [0.2, 0.25) is 0 Å².